The maximum absolute atomic E-state index is 13.3. The van der Waals surface area contributed by atoms with E-state index in [9.17, 15) is 9.59 Å². The molecule has 1 aromatic heterocycles. The van der Waals surface area contributed by atoms with Crippen molar-refractivity contribution in [3.05, 3.63) is 99.4 Å². The predicted octanol–water partition coefficient (Wildman–Crippen LogP) is 4.99. The molecule has 1 aliphatic rings. The Labute approximate surface area is 188 Å². The van der Waals surface area contributed by atoms with E-state index in [1.807, 2.05) is 6.07 Å². The molecule has 1 aliphatic heterocycles. The van der Waals surface area contributed by atoms with Gasteiger partial charge in [0.1, 0.15) is 17.1 Å². The standard InChI is InChI=1S/C25H18ClNO5/c1-30-17-6-4-5-16(13-17)27-24(28)23-20(14-9-11-15(26)12-10-14)21-22(32-23)18-7-2-3-8-19(18)31-25(21)29/h2-13,20,23H,1H3,(H,27,28)/t20-,23-/m1/s1. The number of hydrogen-bond donors (Lipinski definition) is 1. The maximum atomic E-state index is 13.3. The molecule has 3 aromatic carbocycles. The number of para-hydroxylation sites is 1. The van der Waals surface area contributed by atoms with Crippen molar-refractivity contribution < 1.29 is 18.7 Å². The summed E-state index contributed by atoms with van der Waals surface area (Å²) in [6.07, 6.45) is -0.980. The van der Waals surface area contributed by atoms with Crippen molar-refractivity contribution in [2.75, 3.05) is 12.4 Å². The molecule has 0 spiro atoms. The molecule has 2 heterocycles. The fourth-order valence-corrected chi connectivity index (χ4v) is 4.13. The van der Waals surface area contributed by atoms with Crippen LogP contribution in [0.5, 0.6) is 11.5 Å². The largest absolute Gasteiger partial charge is 0.497 e. The molecule has 1 amide bonds. The number of carbonyl (C=O) groups is 1. The highest BCUT2D eigenvalue weighted by molar-refractivity contribution is 6.30. The smallest absolute Gasteiger partial charge is 0.344 e. The second-order valence-electron chi connectivity index (χ2n) is 7.42. The van der Waals surface area contributed by atoms with Crippen molar-refractivity contribution in [3.8, 4) is 11.5 Å². The Bertz CT molecular complexity index is 1380. The molecule has 0 fully saturated rings. The van der Waals surface area contributed by atoms with Crippen LogP contribution >= 0.6 is 11.6 Å². The number of halogens is 1. The lowest BCUT2D eigenvalue weighted by atomic mass is 9.88. The Hall–Kier alpha value is -3.77. The van der Waals surface area contributed by atoms with Crippen LogP contribution in [0, 0.1) is 0 Å². The highest BCUT2D eigenvalue weighted by atomic mass is 35.5. The van der Waals surface area contributed by atoms with Gasteiger partial charge in [-0.2, -0.15) is 0 Å². The van der Waals surface area contributed by atoms with Crippen molar-refractivity contribution in [1.82, 2.24) is 0 Å². The summed E-state index contributed by atoms with van der Waals surface area (Å²) in [5.41, 5.74) is 1.47. The first-order valence-corrected chi connectivity index (χ1v) is 10.4. The summed E-state index contributed by atoms with van der Waals surface area (Å²) in [5, 5.41) is 4.06. The number of hydrogen-bond acceptors (Lipinski definition) is 5. The van der Waals surface area contributed by atoms with Gasteiger partial charge in [-0.15, -0.1) is 0 Å². The minimum absolute atomic E-state index is 0.316. The lowest BCUT2D eigenvalue weighted by molar-refractivity contribution is -0.122. The normalized spacial score (nSPS) is 16.9. The van der Waals surface area contributed by atoms with E-state index in [-0.39, 0.29) is 0 Å². The second-order valence-corrected chi connectivity index (χ2v) is 7.85. The summed E-state index contributed by atoms with van der Waals surface area (Å²) in [5.74, 6) is -0.0754. The topological polar surface area (TPSA) is 77.8 Å². The highest BCUT2D eigenvalue weighted by Gasteiger charge is 2.44. The fourth-order valence-electron chi connectivity index (χ4n) is 4.01. The van der Waals surface area contributed by atoms with Crippen LogP contribution in [0.4, 0.5) is 5.69 Å². The molecule has 0 unspecified atom stereocenters. The van der Waals surface area contributed by atoms with Crippen LogP contribution in [0.1, 0.15) is 17.0 Å². The summed E-state index contributed by atoms with van der Waals surface area (Å²) in [6, 6.07) is 21.1. The van der Waals surface area contributed by atoms with Crippen molar-refractivity contribution in [1.29, 1.82) is 0 Å². The number of nitrogens with one attached hydrogen (secondary N) is 1. The van der Waals surface area contributed by atoms with Crippen molar-refractivity contribution in [2.45, 2.75) is 12.0 Å². The van der Waals surface area contributed by atoms with Crippen molar-refractivity contribution >= 4 is 34.2 Å². The average Bonchev–Trinajstić information content (AvgIpc) is 3.22. The average molecular weight is 448 g/mol. The van der Waals surface area contributed by atoms with Gasteiger partial charge in [-0.1, -0.05) is 41.9 Å². The molecule has 32 heavy (non-hydrogen) atoms. The number of anilines is 1. The molecule has 5 rings (SSSR count). The third-order valence-electron chi connectivity index (χ3n) is 5.48. The van der Waals surface area contributed by atoms with E-state index in [2.05, 4.69) is 5.32 Å². The van der Waals surface area contributed by atoms with E-state index in [4.69, 9.17) is 25.5 Å². The van der Waals surface area contributed by atoms with E-state index in [1.165, 1.54) is 0 Å². The van der Waals surface area contributed by atoms with Crippen molar-refractivity contribution in [3.63, 3.8) is 0 Å². The first kappa shape index (κ1) is 20.2. The molecule has 6 nitrogen and oxygen atoms in total. The van der Waals surface area contributed by atoms with Gasteiger partial charge in [0.25, 0.3) is 5.91 Å². The zero-order valence-corrected chi connectivity index (χ0v) is 17.8. The minimum atomic E-state index is -0.980. The van der Waals surface area contributed by atoms with E-state index in [1.54, 1.807) is 73.8 Å². The fraction of sp³-hybridized carbons (Fsp3) is 0.120. The summed E-state index contributed by atoms with van der Waals surface area (Å²) in [4.78, 5) is 26.3. The molecule has 0 bridgehead atoms. The molecule has 4 aromatic rings. The Kier molecular flexibility index (Phi) is 5.07. The Morgan fingerprint density at radius 2 is 1.81 bits per heavy atom. The molecular formula is C25H18ClNO5. The van der Waals surface area contributed by atoms with E-state index < -0.39 is 23.6 Å². The quantitative estimate of drug-likeness (QED) is 0.446. The van der Waals surface area contributed by atoms with Gasteiger partial charge in [0.05, 0.1) is 24.0 Å². The zero-order chi connectivity index (χ0) is 22.2. The maximum Gasteiger partial charge on any atom is 0.344 e. The van der Waals surface area contributed by atoms with Crippen molar-refractivity contribution in [2.24, 2.45) is 0 Å². The van der Waals surface area contributed by atoms with Gasteiger partial charge in [0, 0.05) is 16.8 Å². The number of carbonyl (C=O) groups excluding carboxylic acids is 1. The first-order chi connectivity index (χ1) is 15.5. The SMILES string of the molecule is COc1cccc(NC(=O)[C@@H]2Oc3c(c(=O)oc4ccccc34)[C@H]2c2ccc(Cl)cc2)c1. The minimum Gasteiger partial charge on any atom is -0.497 e. The van der Waals surface area contributed by atoms with Gasteiger partial charge in [0.2, 0.25) is 0 Å². The van der Waals surface area contributed by atoms with Crippen LogP contribution in [0.3, 0.4) is 0 Å². The Morgan fingerprint density at radius 1 is 1.03 bits per heavy atom. The van der Waals surface area contributed by atoms with Crippen LogP contribution in [-0.4, -0.2) is 19.1 Å². The summed E-state index contributed by atoms with van der Waals surface area (Å²) < 4.78 is 16.9. The summed E-state index contributed by atoms with van der Waals surface area (Å²) in [7, 11) is 1.55. The molecule has 160 valence electrons. The second kappa shape index (κ2) is 8.05. The molecule has 7 heteroatoms. The van der Waals surface area contributed by atoms with Gasteiger partial charge in [-0.05, 0) is 42.0 Å². The molecule has 0 aliphatic carbocycles. The summed E-state index contributed by atoms with van der Waals surface area (Å²) >= 11 is 6.06. The Morgan fingerprint density at radius 3 is 2.59 bits per heavy atom. The Balaban J connectivity index is 1.61. The van der Waals surface area contributed by atoms with E-state index in [0.29, 0.717) is 38.7 Å². The van der Waals surface area contributed by atoms with Crippen LogP contribution in [0.15, 0.2) is 82.0 Å². The number of rotatable bonds is 4. The monoisotopic (exact) mass is 447 g/mol. The number of methoxy groups -OCH3 is 1. The van der Waals surface area contributed by atoms with E-state index in [0.717, 1.165) is 5.56 Å². The van der Waals surface area contributed by atoms with Gasteiger partial charge in [-0.25, -0.2) is 4.79 Å². The van der Waals surface area contributed by atoms with Gasteiger partial charge in [0.15, 0.2) is 6.10 Å². The zero-order valence-electron chi connectivity index (χ0n) is 17.0. The number of amides is 1. The van der Waals surface area contributed by atoms with E-state index >= 15 is 0 Å². The van der Waals surface area contributed by atoms with Gasteiger partial charge in [-0.3, -0.25) is 4.79 Å². The van der Waals surface area contributed by atoms with Crippen LogP contribution in [0.2, 0.25) is 5.02 Å². The first-order valence-electron chi connectivity index (χ1n) is 9.98. The molecule has 0 saturated carbocycles. The lowest BCUT2D eigenvalue weighted by Gasteiger charge is -2.19. The number of fused-ring (bicyclic) bond motifs is 3. The highest BCUT2D eigenvalue weighted by Crippen LogP contribution is 2.44. The number of ether oxygens (including phenoxy) is 2. The summed E-state index contributed by atoms with van der Waals surface area (Å²) in [6.45, 7) is 0. The molecule has 0 radical (unpaired) electrons. The molecular weight excluding hydrogens is 430 g/mol. The number of benzene rings is 3. The van der Waals surface area contributed by atoms with Crippen LogP contribution in [0.25, 0.3) is 11.0 Å². The predicted molar refractivity (Wildman–Crippen MR) is 122 cm³/mol. The molecule has 0 saturated heterocycles. The third kappa shape index (κ3) is 3.48. The molecule has 1 N–H and O–H groups in total. The van der Waals surface area contributed by atoms with Crippen LogP contribution in [-0.2, 0) is 4.79 Å². The van der Waals surface area contributed by atoms with Gasteiger partial charge >= 0.3 is 5.63 Å². The van der Waals surface area contributed by atoms with Gasteiger partial charge < -0.3 is 19.2 Å². The third-order valence-corrected chi connectivity index (χ3v) is 5.73. The molecule has 2 atom stereocenters. The lowest BCUT2D eigenvalue weighted by Crippen LogP contribution is -2.35. The van der Waals surface area contributed by atoms with Crippen LogP contribution < -0.4 is 20.4 Å².